The van der Waals surface area contributed by atoms with Crippen LogP contribution in [0.2, 0.25) is 5.02 Å². The van der Waals surface area contributed by atoms with Crippen LogP contribution in [0.5, 0.6) is 0 Å². The number of hydrogen-bond acceptors (Lipinski definition) is 2. The fourth-order valence-corrected chi connectivity index (χ4v) is 1.89. The molecule has 0 spiro atoms. The summed E-state index contributed by atoms with van der Waals surface area (Å²) in [6.45, 7) is 0. The number of carboxylic acid groups (broad SMARTS) is 1. The van der Waals surface area contributed by atoms with E-state index in [1.54, 1.807) is 24.3 Å². The van der Waals surface area contributed by atoms with Crippen molar-refractivity contribution in [1.82, 2.24) is 4.98 Å². The molecule has 15 heavy (non-hydrogen) atoms. The van der Waals surface area contributed by atoms with Gasteiger partial charge in [-0.2, -0.15) is 0 Å². The number of nitrogens with zero attached hydrogens (tertiary/aromatic N) is 1. The molecule has 1 heterocycles. The van der Waals surface area contributed by atoms with Crippen molar-refractivity contribution in [3.05, 3.63) is 39.5 Å². The highest BCUT2D eigenvalue weighted by atomic mass is 79.9. The smallest absolute Gasteiger partial charge is 0.339 e. The fourth-order valence-electron chi connectivity index (χ4n) is 1.34. The van der Waals surface area contributed by atoms with Gasteiger partial charge in [-0.25, -0.2) is 9.78 Å². The van der Waals surface area contributed by atoms with Gasteiger partial charge in [-0.05, 0) is 28.1 Å². The molecule has 0 fully saturated rings. The first-order valence-corrected chi connectivity index (χ1v) is 5.25. The Morgan fingerprint density at radius 2 is 2.00 bits per heavy atom. The average Bonchev–Trinajstić information content (AvgIpc) is 2.16. The molecule has 0 saturated heterocycles. The summed E-state index contributed by atoms with van der Waals surface area (Å²) < 4.78 is 0.583. The SMILES string of the molecule is O=C(O)c1c(Cl)ccc2ccc(Br)nc12. The Kier molecular flexibility index (Phi) is 2.63. The summed E-state index contributed by atoms with van der Waals surface area (Å²) in [5.41, 5.74) is 0.430. The third-order valence-corrected chi connectivity index (χ3v) is 2.75. The lowest BCUT2D eigenvalue weighted by atomic mass is 10.1. The van der Waals surface area contributed by atoms with Gasteiger partial charge in [-0.15, -0.1) is 0 Å². The second kappa shape index (κ2) is 3.79. The van der Waals surface area contributed by atoms with Gasteiger partial charge in [0.05, 0.1) is 10.5 Å². The number of hydrogen-bond donors (Lipinski definition) is 1. The molecule has 1 aromatic carbocycles. The molecule has 0 radical (unpaired) electrons. The monoisotopic (exact) mass is 285 g/mol. The van der Waals surface area contributed by atoms with Gasteiger partial charge in [-0.1, -0.05) is 23.7 Å². The summed E-state index contributed by atoms with van der Waals surface area (Å²) in [6.07, 6.45) is 0. The summed E-state index contributed by atoms with van der Waals surface area (Å²) in [4.78, 5) is 15.1. The number of aromatic carboxylic acids is 1. The van der Waals surface area contributed by atoms with E-state index in [0.717, 1.165) is 5.39 Å². The second-order valence-electron chi connectivity index (χ2n) is 2.93. The van der Waals surface area contributed by atoms with E-state index in [1.165, 1.54) is 0 Å². The van der Waals surface area contributed by atoms with Gasteiger partial charge < -0.3 is 5.11 Å². The third-order valence-electron chi connectivity index (χ3n) is 1.99. The summed E-state index contributed by atoms with van der Waals surface area (Å²) in [6, 6.07) is 6.84. The number of rotatable bonds is 1. The normalized spacial score (nSPS) is 10.5. The van der Waals surface area contributed by atoms with Crippen molar-refractivity contribution in [3.63, 3.8) is 0 Å². The molecule has 1 N–H and O–H groups in total. The van der Waals surface area contributed by atoms with Gasteiger partial charge in [0.2, 0.25) is 0 Å². The quantitative estimate of drug-likeness (QED) is 0.818. The molecule has 5 heteroatoms. The molecule has 0 aliphatic carbocycles. The Morgan fingerprint density at radius 1 is 1.33 bits per heavy atom. The molecular formula is C10H5BrClNO2. The van der Waals surface area contributed by atoms with E-state index in [1.807, 2.05) is 0 Å². The van der Waals surface area contributed by atoms with E-state index in [4.69, 9.17) is 16.7 Å². The van der Waals surface area contributed by atoms with E-state index in [0.29, 0.717) is 10.1 Å². The Morgan fingerprint density at radius 3 is 2.67 bits per heavy atom. The molecule has 0 aliphatic heterocycles. The van der Waals surface area contributed by atoms with Gasteiger partial charge in [0, 0.05) is 5.39 Å². The van der Waals surface area contributed by atoms with Crippen molar-refractivity contribution in [1.29, 1.82) is 0 Å². The summed E-state index contributed by atoms with van der Waals surface area (Å²) >= 11 is 9.01. The Balaban J connectivity index is 2.90. The highest BCUT2D eigenvalue weighted by molar-refractivity contribution is 9.10. The predicted molar refractivity (Wildman–Crippen MR) is 61.4 cm³/mol. The lowest BCUT2D eigenvalue weighted by Crippen LogP contribution is -2.00. The average molecular weight is 287 g/mol. The van der Waals surface area contributed by atoms with Crippen molar-refractivity contribution in [2.45, 2.75) is 0 Å². The van der Waals surface area contributed by atoms with E-state index < -0.39 is 5.97 Å². The molecule has 0 unspecified atom stereocenters. The maximum atomic E-state index is 11.0. The van der Waals surface area contributed by atoms with Gasteiger partial charge in [0.1, 0.15) is 10.2 Å². The van der Waals surface area contributed by atoms with Crippen LogP contribution in [0, 0.1) is 0 Å². The number of pyridine rings is 1. The lowest BCUT2D eigenvalue weighted by Gasteiger charge is -2.03. The second-order valence-corrected chi connectivity index (χ2v) is 4.15. The van der Waals surface area contributed by atoms with Crippen molar-refractivity contribution in [2.75, 3.05) is 0 Å². The highest BCUT2D eigenvalue weighted by Gasteiger charge is 2.14. The molecule has 0 amide bonds. The predicted octanol–water partition coefficient (Wildman–Crippen LogP) is 3.35. The fraction of sp³-hybridized carbons (Fsp3) is 0. The van der Waals surface area contributed by atoms with Crippen LogP contribution in [0.1, 0.15) is 10.4 Å². The zero-order valence-electron chi connectivity index (χ0n) is 7.37. The molecule has 0 bridgehead atoms. The number of carboxylic acids is 1. The van der Waals surface area contributed by atoms with Gasteiger partial charge in [0.25, 0.3) is 0 Å². The van der Waals surface area contributed by atoms with Crippen molar-refractivity contribution in [2.24, 2.45) is 0 Å². The third kappa shape index (κ3) is 1.82. The summed E-state index contributed by atoms with van der Waals surface area (Å²) in [7, 11) is 0. The summed E-state index contributed by atoms with van der Waals surface area (Å²) in [5.74, 6) is -1.07. The van der Waals surface area contributed by atoms with Crippen molar-refractivity contribution < 1.29 is 9.90 Å². The van der Waals surface area contributed by atoms with Crippen LogP contribution in [0.15, 0.2) is 28.9 Å². The number of halogens is 2. The molecule has 2 aromatic rings. The topological polar surface area (TPSA) is 50.2 Å². The molecule has 76 valence electrons. The molecule has 2 rings (SSSR count). The minimum absolute atomic E-state index is 0.0375. The number of fused-ring (bicyclic) bond motifs is 1. The maximum absolute atomic E-state index is 11.0. The van der Waals surface area contributed by atoms with Crippen LogP contribution >= 0.6 is 27.5 Å². The molecule has 0 aliphatic rings. The molecule has 0 atom stereocenters. The molecule has 0 saturated carbocycles. The highest BCUT2D eigenvalue weighted by Crippen LogP contribution is 2.26. The Labute approximate surface area is 98.8 Å². The number of benzene rings is 1. The van der Waals surface area contributed by atoms with Crippen LogP contribution in [-0.4, -0.2) is 16.1 Å². The van der Waals surface area contributed by atoms with Crippen molar-refractivity contribution in [3.8, 4) is 0 Å². The van der Waals surface area contributed by atoms with Crippen LogP contribution < -0.4 is 0 Å². The first-order valence-electron chi connectivity index (χ1n) is 4.07. The molecule has 1 aromatic heterocycles. The minimum Gasteiger partial charge on any atom is -0.478 e. The molecule has 3 nitrogen and oxygen atoms in total. The minimum atomic E-state index is -1.07. The van der Waals surface area contributed by atoms with Gasteiger partial charge in [-0.3, -0.25) is 0 Å². The lowest BCUT2D eigenvalue weighted by molar-refractivity contribution is 0.0699. The summed E-state index contributed by atoms with van der Waals surface area (Å²) in [5, 5.41) is 9.96. The Bertz CT molecular complexity index is 551. The maximum Gasteiger partial charge on any atom is 0.339 e. The zero-order chi connectivity index (χ0) is 11.0. The Hall–Kier alpha value is -1.13. The number of aromatic nitrogens is 1. The van der Waals surface area contributed by atoms with Crippen LogP contribution in [0.3, 0.4) is 0 Å². The van der Waals surface area contributed by atoms with E-state index in [-0.39, 0.29) is 10.6 Å². The van der Waals surface area contributed by atoms with Crippen LogP contribution in [0.4, 0.5) is 0 Å². The zero-order valence-corrected chi connectivity index (χ0v) is 9.71. The van der Waals surface area contributed by atoms with Crippen molar-refractivity contribution >= 4 is 44.4 Å². The van der Waals surface area contributed by atoms with Gasteiger partial charge in [0.15, 0.2) is 0 Å². The van der Waals surface area contributed by atoms with E-state index >= 15 is 0 Å². The van der Waals surface area contributed by atoms with Crippen LogP contribution in [-0.2, 0) is 0 Å². The first kappa shape index (κ1) is 10.4. The standard InChI is InChI=1S/C10H5BrClNO2/c11-7-4-2-5-1-3-6(12)8(10(14)15)9(5)13-7/h1-4H,(H,14,15). The van der Waals surface area contributed by atoms with Gasteiger partial charge >= 0.3 is 5.97 Å². The largest absolute Gasteiger partial charge is 0.478 e. The molecular weight excluding hydrogens is 281 g/mol. The van der Waals surface area contributed by atoms with E-state index in [2.05, 4.69) is 20.9 Å². The first-order chi connectivity index (χ1) is 7.09. The van der Waals surface area contributed by atoms with Crippen LogP contribution in [0.25, 0.3) is 10.9 Å². The number of carbonyl (C=O) groups is 1. The van der Waals surface area contributed by atoms with E-state index in [9.17, 15) is 4.79 Å².